The molecule has 0 aliphatic carbocycles. The van der Waals surface area contributed by atoms with Gasteiger partial charge in [0.05, 0.1) is 0 Å². The molecule has 0 spiro atoms. The molecule has 5 nitrogen and oxygen atoms in total. The second-order valence-electron chi connectivity index (χ2n) is 6.22. The number of hydrogen-bond donors (Lipinski definition) is 1. The summed E-state index contributed by atoms with van der Waals surface area (Å²) in [4.78, 5) is 16.2. The van der Waals surface area contributed by atoms with Crippen LogP contribution in [0.1, 0.15) is 16.7 Å². The van der Waals surface area contributed by atoms with Crippen molar-refractivity contribution in [2.24, 2.45) is 0 Å². The third kappa shape index (κ3) is 5.81. The van der Waals surface area contributed by atoms with Gasteiger partial charge in [0.2, 0.25) is 0 Å². The van der Waals surface area contributed by atoms with Crippen LogP contribution >= 0.6 is 11.6 Å². The van der Waals surface area contributed by atoms with E-state index >= 15 is 0 Å². The summed E-state index contributed by atoms with van der Waals surface area (Å²) in [6, 6.07) is 18.1. The first kappa shape index (κ1) is 19.9. The summed E-state index contributed by atoms with van der Waals surface area (Å²) in [7, 11) is 0. The Hall–Kier alpha value is -2.89. The van der Waals surface area contributed by atoms with E-state index in [0.29, 0.717) is 22.9 Å². The summed E-state index contributed by atoms with van der Waals surface area (Å²) >= 11 is 6.06. The van der Waals surface area contributed by atoms with Gasteiger partial charge in [0.15, 0.2) is 6.10 Å². The maximum Gasteiger partial charge on any atom is 0.335 e. The van der Waals surface area contributed by atoms with Gasteiger partial charge in [-0.15, -0.1) is 0 Å². The normalized spacial score (nSPS) is 11.6. The van der Waals surface area contributed by atoms with E-state index in [1.54, 1.807) is 30.6 Å². The Balaban J connectivity index is 1.59. The van der Waals surface area contributed by atoms with Crippen molar-refractivity contribution in [3.8, 4) is 5.75 Å². The van der Waals surface area contributed by atoms with Crippen molar-refractivity contribution in [1.82, 2.24) is 4.98 Å². The molecule has 0 radical (unpaired) electrons. The fraction of sp³-hybridized carbons (Fsp3) is 0.182. The van der Waals surface area contributed by atoms with Crippen molar-refractivity contribution in [2.75, 3.05) is 0 Å². The fourth-order valence-corrected chi connectivity index (χ4v) is 2.81. The van der Waals surface area contributed by atoms with Gasteiger partial charge in [-0.3, -0.25) is 4.98 Å². The van der Waals surface area contributed by atoms with Crippen molar-refractivity contribution >= 4 is 17.6 Å². The zero-order valence-electron chi connectivity index (χ0n) is 15.1. The van der Waals surface area contributed by atoms with E-state index in [2.05, 4.69) is 4.98 Å². The first-order valence-corrected chi connectivity index (χ1v) is 9.18. The molecule has 0 aliphatic rings. The fourth-order valence-electron chi connectivity index (χ4n) is 2.61. The minimum Gasteiger partial charge on any atom is -0.488 e. The summed E-state index contributed by atoms with van der Waals surface area (Å²) in [5.41, 5.74) is 2.39. The minimum atomic E-state index is -1.23. The van der Waals surface area contributed by atoms with Crippen LogP contribution in [-0.2, 0) is 29.2 Å². The van der Waals surface area contributed by atoms with Crippen LogP contribution in [0.2, 0.25) is 5.02 Å². The average Bonchev–Trinajstić information content (AvgIpc) is 2.72. The molecule has 144 valence electrons. The summed E-state index contributed by atoms with van der Waals surface area (Å²) in [5, 5.41) is 10.6. The predicted molar refractivity (Wildman–Crippen MR) is 106 cm³/mol. The molecule has 0 amide bonds. The largest absolute Gasteiger partial charge is 0.488 e. The van der Waals surface area contributed by atoms with E-state index in [-0.39, 0.29) is 13.0 Å². The third-order valence-electron chi connectivity index (χ3n) is 4.05. The van der Waals surface area contributed by atoms with Crippen molar-refractivity contribution in [3.63, 3.8) is 0 Å². The van der Waals surface area contributed by atoms with Crippen LogP contribution in [0.5, 0.6) is 5.75 Å². The number of rotatable bonds is 8. The van der Waals surface area contributed by atoms with E-state index in [4.69, 9.17) is 21.1 Å². The number of esters is 1. The highest BCUT2D eigenvalue weighted by molar-refractivity contribution is 6.30. The number of aliphatic hydroxyl groups excluding tert-OH is 1. The molecule has 1 heterocycles. The lowest BCUT2D eigenvalue weighted by atomic mass is 10.1. The molecule has 2 aromatic carbocycles. The summed E-state index contributed by atoms with van der Waals surface area (Å²) in [6.07, 6.45) is 2.37. The van der Waals surface area contributed by atoms with Crippen molar-refractivity contribution < 1.29 is 19.4 Å². The molecule has 1 aromatic heterocycles. The Labute approximate surface area is 168 Å². The lowest BCUT2D eigenvalue weighted by Crippen LogP contribution is -2.25. The topological polar surface area (TPSA) is 68.7 Å². The Morgan fingerprint density at radius 1 is 1.04 bits per heavy atom. The first-order valence-electron chi connectivity index (χ1n) is 8.80. The van der Waals surface area contributed by atoms with Crippen molar-refractivity contribution in [1.29, 1.82) is 0 Å². The van der Waals surface area contributed by atoms with Crippen LogP contribution in [-0.4, -0.2) is 22.2 Å². The van der Waals surface area contributed by atoms with Crippen molar-refractivity contribution in [2.45, 2.75) is 25.7 Å². The van der Waals surface area contributed by atoms with Crippen molar-refractivity contribution in [3.05, 3.63) is 94.8 Å². The number of carbonyl (C=O) groups is 1. The van der Waals surface area contributed by atoms with Gasteiger partial charge in [-0.05, 0) is 29.8 Å². The van der Waals surface area contributed by atoms with Gasteiger partial charge in [0, 0.05) is 35.0 Å². The Bertz CT molecular complexity index is 903. The van der Waals surface area contributed by atoms with Gasteiger partial charge < -0.3 is 14.6 Å². The molecule has 3 aromatic rings. The molecular formula is C22H20ClNO4. The molecule has 1 N–H and O–H groups in total. The highest BCUT2D eigenvalue weighted by atomic mass is 35.5. The van der Waals surface area contributed by atoms with Gasteiger partial charge in [-0.2, -0.15) is 0 Å². The second kappa shape index (κ2) is 9.88. The summed E-state index contributed by atoms with van der Waals surface area (Å²) < 4.78 is 11.1. The summed E-state index contributed by atoms with van der Waals surface area (Å²) in [5.74, 6) is -0.138. The van der Waals surface area contributed by atoms with Crippen LogP contribution in [0.15, 0.2) is 73.1 Å². The SMILES string of the molecule is O=C(OCc1cc(Cl)ccc1OCc1cccnc1)[C@@H](O)Cc1ccccc1. The molecule has 0 saturated heterocycles. The smallest absolute Gasteiger partial charge is 0.335 e. The van der Waals surface area contributed by atoms with E-state index in [9.17, 15) is 9.90 Å². The maximum atomic E-state index is 12.1. The van der Waals surface area contributed by atoms with Crippen LogP contribution in [0.3, 0.4) is 0 Å². The Kier molecular flexibility index (Phi) is 7.00. The number of nitrogens with zero attached hydrogens (tertiary/aromatic N) is 1. The molecule has 0 bridgehead atoms. The molecule has 0 unspecified atom stereocenters. The molecule has 1 atom stereocenters. The Morgan fingerprint density at radius 2 is 1.82 bits per heavy atom. The minimum absolute atomic E-state index is 0.0480. The van der Waals surface area contributed by atoms with Crippen LogP contribution in [0, 0.1) is 0 Å². The van der Waals surface area contributed by atoms with E-state index in [1.807, 2.05) is 42.5 Å². The number of ether oxygens (including phenoxy) is 2. The molecule has 0 saturated carbocycles. The van der Waals surface area contributed by atoms with Gasteiger partial charge in [0.1, 0.15) is 19.0 Å². The molecule has 0 aliphatic heterocycles. The number of aromatic nitrogens is 1. The number of hydrogen-bond acceptors (Lipinski definition) is 5. The predicted octanol–water partition coefficient (Wildman–Crippen LogP) is 3.96. The number of carbonyl (C=O) groups excluding carboxylic acids is 1. The highest BCUT2D eigenvalue weighted by Gasteiger charge is 2.18. The average molecular weight is 398 g/mol. The van der Waals surface area contributed by atoms with Crippen LogP contribution in [0.25, 0.3) is 0 Å². The zero-order chi connectivity index (χ0) is 19.8. The van der Waals surface area contributed by atoms with Crippen LogP contribution < -0.4 is 4.74 Å². The quantitative estimate of drug-likeness (QED) is 0.582. The van der Waals surface area contributed by atoms with Crippen LogP contribution in [0.4, 0.5) is 0 Å². The first-order chi connectivity index (χ1) is 13.6. The molecule has 6 heteroatoms. The van der Waals surface area contributed by atoms with E-state index in [0.717, 1.165) is 11.1 Å². The van der Waals surface area contributed by atoms with E-state index < -0.39 is 12.1 Å². The number of benzene rings is 2. The number of pyridine rings is 1. The summed E-state index contributed by atoms with van der Waals surface area (Å²) in [6.45, 7) is 0.278. The number of aliphatic hydroxyl groups is 1. The zero-order valence-corrected chi connectivity index (χ0v) is 15.9. The lowest BCUT2D eigenvalue weighted by Gasteiger charge is -2.14. The molecule has 0 fully saturated rings. The number of halogens is 1. The maximum absolute atomic E-state index is 12.1. The van der Waals surface area contributed by atoms with E-state index in [1.165, 1.54) is 0 Å². The van der Waals surface area contributed by atoms with Gasteiger partial charge in [-0.1, -0.05) is 48.0 Å². The van der Waals surface area contributed by atoms with Gasteiger partial charge in [0.25, 0.3) is 0 Å². The molecule has 28 heavy (non-hydrogen) atoms. The Morgan fingerprint density at radius 3 is 2.57 bits per heavy atom. The molecular weight excluding hydrogens is 378 g/mol. The third-order valence-corrected chi connectivity index (χ3v) is 4.29. The monoisotopic (exact) mass is 397 g/mol. The van der Waals surface area contributed by atoms with Gasteiger partial charge >= 0.3 is 5.97 Å². The highest BCUT2D eigenvalue weighted by Crippen LogP contribution is 2.25. The standard InChI is InChI=1S/C22H20ClNO4/c23-19-8-9-21(27-14-17-7-4-10-24-13-17)18(12-19)15-28-22(26)20(25)11-16-5-2-1-3-6-16/h1-10,12-13,20,25H,11,14-15H2/t20-/m0/s1. The lowest BCUT2D eigenvalue weighted by molar-refractivity contribution is -0.154. The van der Waals surface area contributed by atoms with Gasteiger partial charge in [-0.25, -0.2) is 4.79 Å². The second-order valence-corrected chi connectivity index (χ2v) is 6.65. The molecule has 3 rings (SSSR count).